The highest BCUT2D eigenvalue weighted by Gasteiger charge is 2.03. The lowest BCUT2D eigenvalue weighted by atomic mass is 10.1. The number of nitrogens with zero attached hydrogens (tertiary/aromatic N) is 3. The Hall–Kier alpha value is -1.62. The summed E-state index contributed by atoms with van der Waals surface area (Å²) in [6, 6.07) is 13.6. The molecule has 0 unspecified atom stereocenters. The van der Waals surface area contributed by atoms with Crippen molar-refractivity contribution < 1.29 is 0 Å². The average Bonchev–Trinajstić information content (AvgIpc) is 2.84. The van der Waals surface area contributed by atoms with Crippen molar-refractivity contribution in [1.82, 2.24) is 4.57 Å². The van der Waals surface area contributed by atoms with Gasteiger partial charge in [0, 0.05) is 7.05 Å². The first-order chi connectivity index (χ1) is 10.6. The molecule has 0 atom stereocenters. The molecule has 0 aliphatic heterocycles. The van der Waals surface area contributed by atoms with Crippen LogP contribution >= 0.6 is 34.5 Å². The first-order valence-electron chi connectivity index (χ1n) is 6.64. The summed E-state index contributed by atoms with van der Waals surface area (Å²) in [5.41, 5.74) is 2.84. The summed E-state index contributed by atoms with van der Waals surface area (Å²) in [6.07, 6.45) is 0. The summed E-state index contributed by atoms with van der Waals surface area (Å²) in [4.78, 5) is 0.848. The van der Waals surface area contributed by atoms with Crippen molar-refractivity contribution >= 4 is 50.5 Å². The zero-order valence-electron chi connectivity index (χ0n) is 12.0. The minimum atomic E-state index is 0.515. The summed E-state index contributed by atoms with van der Waals surface area (Å²) in [7, 11) is 1.99. The Kier molecular flexibility index (Phi) is 4.34. The van der Waals surface area contributed by atoms with Crippen LogP contribution in [0, 0.1) is 0 Å². The van der Waals surface area contributed by atoms with Crippen LogP contribution in [0.3, 0.4) is 0 Å². The van der Waals surface area contributed by atoms with Gasteiger partial charge in [-0.15, -0.1) is 5.10 Å². The molecular formula is C16H13Cl2N3S. The molecular weight excluding hydrogens is 337 g/mol. The predicted molar refractivity (Wildman–Crippen MR) is 95.0 cm³/mol. The topological polar surface area (TPSA) is 29.6 Å². The van der Waals surface area contributed by atoms with Crippen LogP contribution < -0.4 is 4.80 Å². The van der Waals surface area contributed by atoms with Gasteiger partial charge in [0.05, 0.1) is 26.0 Å². The third kappa shape index (κ3) is 2.95. The highest BCUT2D eigenvalue weighted by Crippen LogP contribution is 2.23. The summed E-state index contributed by atoms with van der Waals surface area (Å²) >= 11 is 13.6. The maximum Gasteiger partial charge on any atom is 0.211 e. The highest BCUT2D eigenvalue weighted by molar-refractivity contribution is 7.16. The van der Waals surface area contributed by atoms with E-state index in [2.05, 4.69) is 22.3 Å². The molecule has 112 valence electrons. The van der Waals surface area contributed by atoms with E-state index >= 15 is 0 Å². The number of fused-ring (bicyclic) bond motifs is 1. The SMILES string of the molecule is C/C(=N/N=c1\sc2ccccc2n1C)c1ccc(Cl)c(Cl)c1. The Morgan fingerprint density at radius 3 is 2.59 bits per heavy atom. The Labute approximate surface area is 142 Å². The largest absolute Gasteiger partial charge is 0.318 e. The molecule has 6 heteroatoms. The molecule has 0 saturated carbocycles. The summed E-state index contributed by atoms with van der Waals surface area (Å²) in [6.45, 7) is 1.90. The van der Waals surface area contributed by atoms with Crippen LogP contribution in [0.1, 0.15) is 12.5 Å². The van der Waals surface area contributed by atoms with Crippen molar-refractivity contribution in [3.05, 3.63) is 62.9 Å². The number of aromatic nitrogens is 1. The quantitative estimate of drug-likeness (QED) is 0.466. The van der Waals surface area contributed by atoms with Gasteiger partial charge in [0.1, 0.15) is 0 Å². The Balaban J connectivity index is 2.03. The molecule has 22 heavy (non-hydrogen) atoms. The number of thiazole rings is 1. The van der Waals surface area contributed by atoms with Gasteiger partial charge in [0.25, 0.3) is 0 Å². The Bertz CT molecular complexity index is 938. The van der Waals surface area contributed by atoms with E-state index in [-0.39, 0.29) is 0 Å². The van der Waals surface area contributed by atoms with Gasteiger partial charge in [-0.2, -0.15) is 5.10 Å². The van der Waals surface area contributed by atoms with Crippen molar-refractivity contribution in [3.63, 3.8) is 0 Å². The van der Waals surface area contributed by atoms with Crippen LogP contribution in [0.25, 0.3) is 10.2 Å². The second kappa shape index (κ2) is 6.24. The van der Waals surface area contributed by atoms with Crippen LogP contribution in [-0.2, 0) is 7.05 Å². The van der Waals surface area contributed by atoms with Crippen molar-refractivity contribution in [2.45, 2.75) is 6.92 Å². The van der Waals surface area contributed by atoms with E-state index in [0.717, 1.165) is 21.6 Å². The fraction of sp³-hybridized carbons (Fsp3) is 0.125. The molecule has 0 radical (unpaired) electrons. The van der Waals surface area contributed by atoms with Crippen molar-refractivity contribution in [2.75, 3.05) is 0 Å². The van der Waals surface area contributed by atoms with Crippen molar-refractivity contribution in [1.29, 1.82) is 0 Å². The molecule has 3 aromatic rings. The fourth-order valence-electron chi connectivity index (χ4n) is 2.07. The van der Waals surface area contributed by atoms with Crippen LogP contribution in [-0.4, -0.2) is 10.3 Å². The second-order valence-electron chi connectivity index (χ2n) is 4.83. The summed E-state index contributed by atoms with van der Waals surface area (Å²) in [5, 5.41) is 9.73. The molecule has 3 rings (SSSR count). The molecule has 1 aromatic heterocycles. The molecule has 0 saturated heterocycles. The smallest absolute Gasteiger partial charge is 0.211 e. The van der Waals surface area contributed by atoms with E-state index in [1.165, 1.54) is 4.70 Å². The number of halogens is 2. The number of hydrogen-bond acceptors (Lipinski definition) is 3. The Morgan fingerprint density at radius 1 is 1.09 bits per heavy atom. The first kappa shape index (κ1) is 15.3. The lowest BCUT2D eigenvalue weighted by Gasteiger charge is -2.00. The van der Waals surface area contributed by atoms with Gasteiger partial charge in [-0.25, -0.2) is 0 Å². The minimum Gasteiger partial charge on any atom is -0.318 e. The van der Waals surface area contributed by atoms with E-state index in [1.54, 1.807) is 23.5 Å². The monoisotopic (exact) mass is 349 g/mol. The molecule has 0 aliphatic rings. The van der Waals surface area contributed by atoms with Crippen LogP contribution in [0.2, 0.25) is 10.0 Å². The maximum atomic E-state index is 6.03. The number of benzene rings is 2. The molecule has 2 aromatic carbocycles. The third-order valence-electron chi connectivity index (χ3n) is 3.34. The standard InChI is InChI=1S/C16H13Cl2N3S/c1-10(11-7-8-12(17)13(18)9-11)19-20-16-21(2)14-5-3-4-6-15(14)22-16/h3-9H,1-2H3/b19-10-,20-16-. The van der Waals surface area contributed by atoms with Crippen LogP contribution in [0.4, 0.5) is 0 Å². The van der Waals surface area contributed by atoms with Gasteiger partial charge in [-0.3, -0.25) is 0 Å². The first-order valence-corrected chi connectivity index (χ1v) is 8.22. The maximum absolute atomic E-state index is 6.03. The zero-order chi connectivity index (χ0) is 15.7. The van der Waals surface area contributed by atoms with E-state index in [0.29, 0.717) is 10.0 Å². The van der Waals surface area contributed by atoms with Gasteiger partial charge in [0.15, 0.2) is 0 Å². The number of para-hydroxylation sites is 1. The van der Waals surface area contributed by atoms with E-state index in [4.69, 9.17) is 23.2 Å². The van der Waals surface area contributed by atoms with Gasteiger partial charge in [-0.1, -0.05) is 52.7 Å². The molecule has 0 amide bonds. The van der Waals surface area contributed by atoms with E-state index in [9.17, 15) is 0 Å². The van der Waals surface area contributed by atoms with E-state index < -0.39 is 0 Å². The highest BCUT2D eigenvalue weighted by atomic mass is 35.5. The zero-order valence-corrected chi connectivity index (χ0v) is 14.4. The molecule has 0 bridgehead atoms. The molecule has 1 heterocycles. The fourth-order valence-corrected chi connectivity index (χ4v) is 3.34. The predicted octanol–water partition coefficient (Wildman–Crippen LogP) is 4.87. The summed E-state index contributed by atoms with van der Waals surface area (Å²) in [5.74, 6) is 0. The van der Waals surface area contributed by atoms with Gasteiger partial charge >= 0.3 is 0 Å². The lowest BCUT2D eigenvalue weighted by molar-refractivity contribution is 0.888. The van der Waals surface area contributed by atoms with Gasteiger partial charge < -0.3 is 4.57 Å². The van der Waals surface area contributed by atoms with Crippen molar-refractivity contribution in [3.8, 4) is 0 Å². The van der Waals surface area contributed by atoms with Gasteiger partial charge in [-0.05, 0) is 36.8 Å². The van der Waals surface area contributed by atoms with Gasteiger partial charge in [0.2, 0.25) is 4.80 Å². The molecule has 0 spiro atoms. The van der Waals surface area contributed by atoms with Crippen molar-refractivity contribution in [2.24, 2.45) is 17.3 Å². The minimum absolute atomic E-state index is 0.515. The summed E-state index contributed by atoms with van der Waals surface area (Å²) < 4.78 is 3.22. The second-order valence-corrected chi connectivity index (χ2v) is 6.65. The lowest BCUT2D eigenvalue weighted by Crippen LogP contribution is -2.09. The molecule has 0 aliphatic carbocycles. The number of aryl methyl sites for hydroxylation is 1. The number of hydrogen-bond donors (Lipinski definition) is 0. The molecule has 0 N–H and O–H groups in total. The van der Waals surface area contributed by atoms with E-state index in [1.807, 2.05) is 36.7 Å². The Morgan fingerprint density at radius 2 is 1.86 bits per heavy atom. The number of rotatable bonds is 2. The third-order valence-corrected chi connectivity index (χ3v) is 5.18. The normalized spacial score (nSPS) is 13.1. The average molecular weight is 350 g/mol. The van der Waals surface area contributed by atoms with Crippen LogP contribution in [0.15, 0.2) is 52.7 Å². The molecule has 3 nitrogen and oxygen atoms in total. The molecule has 0 fully saturated rings. The van der Waals surface area contributed by atoms with Crippen LogP contribution in [0.5, 0.6) is 0 Å².